The fourth-order valence-electron chi connectivity index (χ4n) is 1.51. The fourth-order valence-corrected chi connectivity index (χ4v) is 2.12. The van der Waals surface area contributed by atoms with Crippen molar-refractivity contribution in [1.82, 2.24) is 4.98 Å². The molecule has 0 bridgehead atoms. The molecule has 92 valence electrons. The fraction of sp³-hybridized carbons (Fsp3) is 0.0769. The van der Waals surface area contributed by atoms with Crippen molar-refractivity contribution in [2.24, 2.45) is 0 Å². The van der Waals surface area contributed by atoms with Gasteiger partial charge in [-0.2, -0.15) is 0 Å². The highest BCUT2D eigenvalue weighted by Gasteiger charge is 2.07. The number of nitrogens with one attached hydrogen (secondary N) is 1. The van der Waals surface area contributed by atoms with E-state index in [0.29, 0.717) is 17.3 Å². The second-order valence-electron chi connectivity index (χ2n) is 3.70. The third-order valence-electron chi connectivity index (χ3n) is 2.29. The SMILES string of the molecule is O=C(Cc1cccc(Br)c1)Nc1cccnc1Cl. The van der Waals surface area contributed by atoms with E-state index in [1.54, 1.807) is 18.3 Å². The molecule has 1 aromatic heterocycles. The summed E-state index contributed by atoms with van der Waals surface area (Å²) in [5.74, 6) is -0.122. The van der Waals surface area contributed by atoms with Crippen LogP contribution in [0.3, 0.4) is 0 Å². The smallest absolute Gasteiger partial charge is 0.228 e. The van der Waals surface area contributed by atoms with Crippen LogP contribution in [-0.4, -0.2) is 10.9 Å². The van der Waals surface area contributed by atoms with Crippen LogP contribution in [0, 0.1) is 0 Å². The molecule has 3 nitrogen and oxygen atoms in total. The number of aromatic nitrogens is 1. The Kier molecular flexibility index (Phi) is 4.33. The van der Waals surface area contributed by atoms with Gasteiger partial charge in [0.2, 0.25) is 5.91 Å². The van der Waals surface area contributed by atoms with Crippen LogP contribution in [0.2, 0.25) is 5.15 Å². The van der Waals surface area contributed by atoms with E-state index in [2.05, 4.69) is 26.2 Å². The van der Waals surface area contributed by atoms with Gasteiger partial charge in [-0.05, 0) is 29.8 Å². The average Bonchev–Trinajstić information content (AvgIpc) is 2.32. The van der Waals surface area contributed by atoms with Crippen LogP contribution >= 0.6 is 27.5 Å². The van der Waals surface area contributed by atoms with Gasteiger partial charge in [0.25, 0.3) is 0 Å². The number of carbonyl (C=O) groups is 1. The number of nitrogens with zero attached hydrogens (tertiary/aromatic N) is 1. The normalized spacial score (nSPS) is 10.1. The molecule has 5 heteroatoms. The van der Waals surface area contributed by atoms with Gasteiger partial charge >= 0.3 is 0 Å². The van der Waals surface area contributed by atoms with E-state index < -0.39 is 0 Å². The molecule has 0 unspecified atom stereocenters. The Morgan fingerprint density at radius 3 is 2.89 bits per heavy atom. The third-order valence-corrected chi connectivity index (χ3v) is 3.08. The Morgan fingerprint density at radius 2 is 2.17 bits per heavy atom. The zero-order valence-electron chi connectivity index (χ0n) is 9.36. The van der Waals surface area contributed by atoms with Crippen LogP contribution in [0.4, 0.5) is 5.69 Å². The maximum absolute atomic E-state index is 11.8. The van der Waals surface area contributed by atoms with Crippen LogP contribution in [0.25, 0.3) is 0 Å². The molecule has 0 saturated heterocycles. The van der Waals surface area contributed by atoms with Crippen molar-refractivity contribution in [3.05, 3.63) is 57.8 Å². The topological polar surface area (TPSA) is 42.0 Å². The molecule has 0 radical (unpaired) electrons. The zero-order valence-corrected chi connectivity index (χ0v) is 11.7. The molecule has 0 aliphatic heterocycles. The Hall–Kier alpha value is -1.39. The van der Waals surface area contributed by atoms with E-state index in [-0.39, 0.29) is 5.91 Å². The number of pyridine rings is 1. The first-order valence-corrected chi connectivity index (χ1v) is 6.47. The molecule has 0 atom stereocenters. The van der Waals surface area contributed by atoms with Crippen LogP contribution in [0.1, 0.15) is 5.56 Å². The zero-order chi connectivity index (χ0) is 13.0. The van der Waals surface area contributed by atoms with Crippen molar-refractivity contribution < 1.29 is 4.79 Å². The maximum Gasteiger partial charge on any atom is 0.228 e. The summed E-state index contributed by atoms with van der Waals surface area (Å²) in [6.45, 7) is 0. The largest absolute Gasteiger partial charge is 0.323 e. The minimum absolute atomic E-state index is 0.122. The van der Waals surface area contributed by atoms with Gasteiger partial charge in [-0.1, -0.05) is 39.7 Å². The summed E-state index contributed by atoms with van der Waals surface area (Å²) in [5, 5.41) is 3.02. The lowest BCUT2D eigenvalue weighted by molar-refractivity contribution is -0.115. The molecule has 1 N–H and O–H groups in total. The van der Waals surface area contributed by atoms with Crippen LogP contribution in [0.15, 0.2) is 47.1 Å². The molecule has 0 saturated carbocycles. The van der Waals surface area contributed by atoms with Gasteiger partial charge in [-0.25, -0.2) is 4.98 Å². The Bertz CT molecular complexity index is 574. The molecule has 0 spiro atoms. The van der Waals surface area contributed by atoms with Crippen molar-refractivity contribution >= 4 is 39.1 Å². The average molecular weight is 326 g/mol. The van der Waals surface area contributed by atoms with Crippen molar-refractivity contribution in [3.8, 4) is 0 Å². The summed E-state index contributed by atoms with van der Waals surface area (Å²) in [5.41, 5.74) is 1.46. The maximum atomic E-state index is 11.8. The Balaban J connectivity index is 2.03. The lowest BCUT2D eigenvalue weighted by Crippen LogP contribution is -2.14. The Morgan fingerprint density at radius 1 is 1.33 bits per heavy atom. The van der Waals surface area contributed by atoms with Crippen molar-refractivity contribution in [3.63, 3.8) is 0 Å². The third kappa shape index (κ3) is 3.55. The van der Waals surface area contributed by atoms with E-state index in [0.717, 1.165) is 10.0 Å². The number of rotatable bonds is 3. The quantitative estimate of drug-likeness (QED) is 0.875. The predicted octanol–water partition coefficient (Wildman–Crippen LogP) is 3.68. The summed E-state index contributed by atoms with van der Waals surface area (Å²) >= 11 is 9.23. The molecule has 1 amide bonds. The molecule has 1 heterocycles. The van der Waals surface area contributed by atoms with Crippen LogP contribution < -0.4 is 5.32 Å². The molecule has 2 rings (SSSR count). The molecular weight excluding hydrogens is 316 g/mol. The highest BCUT2D eigenvalue weighted by atomic mass is 79.9. The van der Waals surface area contributed by atoms with E-state index in [1.165, 1.54) is 0 Å². The molecule has 1 aromatic carbocycles. The van der Waals surface area contributed by atoms with Crippen LogP contribution in [0.5, 0.6) is 0 Å². The van der Waals surface area contributed by atoms with Gasteiger partial charge in [0, 0.05) is 10.7 Å². The summed E-state index contributed by atoms with van der Waals surface area (Å²) in [6, 6.07) is 11.1. The number of carbonyl (C=O) groups excluding carboxylic acids is 1. The van der Waals surface area contributed by atoms with E-state index in [1.807, 2.05) is 24.3 Å². The summed E-state index contributed by atoms with van der Waals surface area (Å²) in [6.07, 6.45) is 1.87. The number of amides is 1. The highest BCUT2D eigenvalue weighted by Crippen LogP contribution is 2.18. The summed E-state index contributed by atoms with van der Waals surface area (Å²) in [4.78, 5) is 15.7. The first-order chi connectivity index (χ1) is 8.65. The minimum Gasteiger partial charge on any atom is -0.323 e. The van der Waals surface area contributed by atoms with Crippen LogP contribution in [-0.2, 0) is 11.2 Å². The predicted molar refractivity (Wildman–Crippen MR) is 75.7 cm³/mol. The van der Waals surface area contributed by atoms with Crippen molar-refractivity contribution in [2.75, 3.05) is 5.32 Å². The standard InChI is InChI=1S/C13H10BrClN2O/c14-10-4-1-3-9(7-10)8-12(18)17-11-5-2-6-16-13(11)15/h1-7H,8H2,(H,17,18). The van der Waals surface area contributed by atoms with E-state index >= 15 is 0 Å². The van der Waals surface area contributed by atoms with Gasteiger partial charge in [0.15, 0.2) is 5.15 Å². The number of hydrogen-bond donors (Lipinski definition) is 1. The lowest BCUT2D eigenvalue weighted by atomic mass is 10.1. The number of benzene rings is 1. The van der Waals surface area contributed by atoms with Gasteiger partial charge < -0.3 is 5.32 Å². The van der Waals surface area contributed by atoms with E-state index in [9.17, 15) is 4.79 Å². The molecule has 18 heavy (non-hydrogen) atoms. The molecule has 0 aliphatic rings. The second-order valence-corrected chi connectivity index (χ2v) is 4.97. The first-order valence-electron chi connectivity index (χ1n) is 5.30. The molecule has 0 fully saturated rings. The number of halogens is 2. The molecular formula is C13H10BrClN2O. The summed E-state index contributed by atoms with van der Waals surface area (Å²) in [7, 11) is 0. The monoisotopic (exact) mass is 324 g/mol. The second kappa shape index (κ2) is 5.98. The van der Waals surface area contributed by atoms with Crippen molar-refractivity contribution in [1.29, 1.82) is 0 Å². The molecule has 0 aliphatic carbocycles. The van der Waals surface area contributed by atoms with Gasteiger partial charge in [0.05, 0.1) is 12.1 Å². The van der Waals surface area contributed by atoms with E-state index in [4.69, 9.17) is 11.6 Å². The number of anilines is 1. The van der Waals surface area contributed by atoms with Crippen molar-refractivity contribution in [2.45, 2.75) is 6.42 Å². The van der Waals surface area contributed by atoms with Gasteiger partial charge in [-0.15, -0.1) is 0 Å². The summed E-state index contributed by atoms with van der Waals surface area (Å²) < 4.78 is 0.951. The minimum atomic E-state index is -0.122. The lowest BCUT2D eigenvalue weighted by Gasteiger charge is -2.06. The highest BCUT2D eigenvalue weighted by molar-refractivity contribution is 9.10. The first kappa shape index (κ1) is 13.1. The number of hydrogen-bond acceptors (Lipinski definition) is 2. The Labute approximate surface area is 118 Å². The van der Waals surface area contributed by atoms with Gasteiger partial charge in [-0.3, -0.25) is 4.79 Å². The van der Waals surface area contributed by atoms with Gasteiger partial charge in [0.1, 0.15) is 0 Å². The molecule has 2 aromatic rings.